The quantitative estimate of drug-likeness (QED) is 0.499. The van der Waals surface area contributed by atoms with Gasteiger partial charge in [-0.1, -0.05) is 23.7 Å². The molecule has 6 rings (SSSR count). The molecule has 2 unspecified atom stereocenters. The maximum absolute atomic E-state index is 13.9. The molecule has 3 aliphatic heterocycles. The van der Waals surface area contributed by atoms with Crippen molar-refractivity contribution in [2.45, 2.75) is 31.3 Å². The number of aromatic amines is 1. The molecular weight excluding hydrogens is 490 g/mol. The second kappa shape index (κ2) is 9.04. The standard InChI is InChI=1S/C28H32ClN5O3/c1-28-17-22-21-16-19(29)7-8-23(21)30-24(22)25(18-5-3-6-20(35)15-18)34(28)27(37)33(26(28)36)10-4-9-32-13-11-31(2)12-14-32/h3,5-8,15-16,25,30,35H,4,9-14,17H2,1-2H3. The molecule has 0 bridgehead atoms. The minimum absolute atomic E-state index is 0.118. The number of benzene rings is 2. The SMILES string of the molecule is CN1CCN(CCCN2C(=O)N3C(c4cccc(O)c4)c4[nH]c5ccc(Cl)cc5c4CC3(C)C2=O)CC1. The lowest BCUT2D eigenvalue weighted by molar-refractivity contribution is -0.133. The van der Waals surface area contributed by atoms with E-state index in [1.165, 1.54) is 4.90 Å². The monoisotopic (exact) mass is 521 g/mol. The number of urea groups is 1. The molecule has 4 heterocycles. The molecule has 1 aromatic heterocycles. The number of imide groups is 1. The number of nitrogens with one attached hydrogen (secondary N) is 1. The van der Waals surface area contributed by atoms with Crippen molar-refractivity contribution in [1.82, 2.24) is 24.6 Å². The summed E-state index contributed by atoms with van der Waals surface area (Å²) in [6, 6.07) is 11.8. The van der Waals surface area contributed by atoms with Crippen LogP contribution in [0.15, 0.2) is 42.5 Å². The molecule has 2 aromatic carbocycles. The van der Waals surface area contributed by atoms with E-state index in [-0.39, 0.29) is 17.7 Å². The minimum atomic E-state index is -1.04. The Morgan fingerprint density at radius 1 is 1.08 bits per heavy atom. The van der Waals surface area contributed by atoms with Crippen LogP contribution in [0.3, 0.4) is 0 Å². The highest BCUT2D eigenvalue weighted by atomic mass is 35.5. The first-order valence-corrected chi connectivity index (χ1v) is 13.3. The van der Waals surface area contributed by atoms with E-state index in [1.54, 1.807) is 23.1 Å². The summed E-state index contributed by atoms with van der Waals surface area (Å²) >= 11 is 6.35. The van der Waals surface area contributed by atoms with Crippen LogP contribution in [0.4, 0.5) is 4.79 Å². The van der Waals surface area contributed by atoms with E-state index >= 15 is 0 Å². The van der Waals surface area contributed by atoms with Crippen molar-refractivity contribution in [3.63, 3.8) is 0 Å². The number of rotatable bonds is 5. The summed E-state index contributed by atoms with van der Waals surface area (Å²) in [5.41, 5.74) is 2.48. The van der Waals surface area contributed by atoms with Gasteiger partial charge >= 0.3 is 6.03 Å². The number of piperazine rings is 1. The highest BCUT2D eigenvalue weighted by Gasteiger charge is 2.60. The van der Waals surface area contributed by atoms with Crippen LogP contribution in [-0.2, 0) is 11.2 Å². The molecule has 37 heavy (non-hydrogen) atoms. The van der Waals surface area contributed by atoms with Crippen LogP contribution < -0.4 is 0 Å². The number of phenols is 1. The van der Waals surface area contributed by atoms with E-state index in [1.807, 2.05) is 31.2 Å². The van der Waals surface area contributed by atoms with Gasteiger partial charge in [-0.15, -0.1) is 0 Å². The summed E-state index contributed by atoms with van der Waals surface area (Å²) in [5.74, 6) is -0.0458. The number of aromatic hydroxyl groups is 1. The fourth-order valence-electron chi connectivity index (χ4n) is 6.25. The lowest BCUT2D eigenvalue weighted by Crippen LogP contribution is -2.53. The van der Waals surface area contributed by atoms with Gasteiger partial charge in [0.05, 0.1) is 0 Å². The summed E-state index contributed by atoms with van der Waals surface area (Å²) in [6.45, 7) is 7.21. The Kier molecular flexibility index (Phi) is 5.93. The molecule has 3 aliphatic rings. The molecule has 9 heteroatoms. The number of fused-ring (bicyclic) bond motifs is 4. The van der Waals surface area contributed by atoms with Gasteiger partial charge in [0.15, 0.2) is 0 Å². The molecular formula is C28H32ClN5O3. The van der Waals surface area contributed by atoms with Crippen molar-refractivity contribution in [3.05, 3.63) is 64.3 Å². The van der Waals surface area contributed by atoms with Crippen molar-refractivity contribution >= 4 is 34.4 Å². The van der Waals surface area contributed by atoms with Gasteiger partial charge in [-0.2, -0.15) is 0 Å². The Balaban J connectivity index is 1.36. The van der Waals surface area contributed by atoms with Crippen LogP contribution in [0.25, 0.3) is 10.9 Å². The first kappa shape index (κ1) is 24.3. The number of nitrogens with zero attached hydrogens (tertiary/aromatic N) is 4. The van der Waals surface area contributed by atoms with Crippen LogP contribution in [0.2, 0.25) is 5.02 Å². The van der Waals surface area contributed by atoms with Gasteiger partial charge in [0.2, 0.25) is 0 Å². The number of carbonyl (C=O) groups is 2. The number of likely N-dealkylation sites (N-methyl/N-ethyl adjacent to an activating group) is 1. The van der Waals surface area contributed by atoms with Crippen LogP contribution >= 0.6 is 11.6 Å². The average Bonchev–Trinajstić information content (AvgIpc) is 3.31. The summed E-state index contributed by atoms with van der Waals surface area (Å²) in [7, 11) is 2.13. The Hall–Kier alpha value is -3.07. The van der Waals surface area contributed by atoms with Crippen molar-refractivity contribution in [1.29, 1.82) is 0 Å². The van der Waals surface area contributed by atoms with Crippen molar-refractivity contribution in [2.24, 2.45) is 0 Å². The molecule has 3 amide bonds. The molecule has 2 atom stereocenters. The number of aromatic nitrogens is 1. The second-order valence-electron chi connectivity index (χ2n) is 10.8. The van der Waals surface area contributed by atoms with Gasteiger partial charge < -0.3 is 19.9 Å². The third kappa shape index (κ3) is 3.98. The molecule has 2 N–H and O–H groups in total. The number of carbonyl (C=O) groups excluding carboxylic acids is 2. The molecule has 0 aliphatic carbocycles. The zero-order valence-electron chi connectivity index (χ0n) is 21.2. The van der Waals surface area contributed by atoms with E-state index in [9.17, 15) is 14.7 Å². The molecule has 0 spiro atoms. The summed E-state index contributed by atoms with van der Waals surface area (Å²) < 4.78 is 0. The zero-order chi connectivity index (χ0) is 25.9. The number of amides is 3. The normalized spacial score (nSPS) is 24.7. The number of H-pyrrole nitrogens is 1. The Morgan fingerprint density at radius 2 is 1.86 bits per heavy atom. The van der Waals surface area contributed by atoms with E-state index in [4.69, 9.17) is 11.6 Å². The fraction of sp³-hybridized carbons (Fsp3) is 0.429. The highest BCUT2D eigenvalue weighted by molar-refractivity contribution is 6.31. The van der Waals surface area contributed by atoms with Gasteiger partial charge in [0.25, 0.3) is 5.91 Å². The summed E-state index contributed by atoms with van der Waals surface area (Å²) in [4.78, 5) is 39.3. The molecule has 3 aromatic rings. The van der Waals surface area contributed by atoms with Gasteiger partial charge in [-0.3, -0.25) is 14.6 Å². The largest absolute Gasteiger partial charge is 0.508 e. The van der Waals surface area contributed by atoms with E-state index in [0.29, 0.717) is 18.0 Å². The zero-order valence-corrected chi connectivity index (χ0v) is 22.0. The molecule has 2 saturated heterocycles. The third-order valence-corrected chi connectivity index (χ3v) is 8.50. The predicted octanol–water partition coefficient (Wildman–Crippen LogP) is 3.83. The Bertz CT molecular complexity index is 1380. The van der Waals surface area contributed by atoms with Gasteiger partial charge in [-0.25, -0.2) is 4.79 Å². The van der Waals surface area contributed by atoms with Crippen LogP contribution in [0.5, 0.6) is 5.75 Å². The lowest BCUT2D eigenvalue weighted by atomic mass is 9.81. The smallest absolute Gasteiger partial charge is 0.328 e. The molecule has 194 valence electrons. The van der Waals surface area contributed by atoms with Crippen molar-refractivity contribution < 1.29 is 14.7 Å². The van der Waals surface area contributed by atoms with Crippen molar-refractivity contribution in [2.75, 3.05) is 46.3 Å². The molecule has 0 saturated carbocycles. The van der Waals surface area contributed by atoms with E-state index < -0.39 is 11.6 Å². The number of hydrogen-bond acceptors (Lipinski definition) is 5. The maximum atomic E-state index is 13.9. The number of phenolic OH excluding ortho intramolecular Hbond substituents is 1. The first-order chi connectivity index (χ1) is 17.8. The van der Waals surface area contributed by atoms with Crippen molar-refractivity contribution in [3.8, 4) is 5.75 Å². The minimum Gasteiger partial charge on any atom is -0.508 e. The van der Waals surface area contributed by atoms with E-state index in [2.05, 4.69) is 21.8 Å². The lowest BCUT2D eigenvalue weighted by Gasteiger charge is -2.42. The molecule has 2 fully saturated rings. The van der Waals surface area contributed by atoms with E-state index in [0.717, 1.165) is 66.9 Å². The highest BCUT2D eigenvalue weighted by Crippen LogP contribution is 2.49. The fourth-order valence-corrected chi connectivity index (χ4v) is 6.42. The van der Waals surface area contributed by atoms with Gasteiger partial charge in [-0.05, 0) is 68.4 Å². The van der Waals surface area contributed by atoms with Crippen LogP contribution in [-0.4, -0.2) is 93.5 Å². The Labute approximate surface area is 221 Å². The summed E-state index contributed by atoms with van der Waals surface area (Å²) in [6.07, 6.45) is 1.14. The Morgan fingerprint density at radius 3 is 2.62 bits per heavy atom. The van der Waals surface area contributed by atoms with Gasteiger partial charge in [0, 0.05) is 60.8 Å². The summed E-state index contributed by atoms with van der Waals surface area (Å²) in [5, 5.41) is 11.9. The third-order valence-electron chi connectivity index (χ3n) is 8.27. The second-order valence-corrected chi connectivity index (χ2v) is 11.2. The van der Waals surface area contributed by atoms with Gasteiger partial charge in [0.1, 0.15) is 17.3 Å². The van der Waals surface area contributed by atoms with Crippen LogP contribution in [0, 0.1) is 0 Å². The predicted molar refractivity (Wildman–Crippen MR) is 143 cm³/mol. The molecule has 0 radical (unpaired) electrons. The number of halogens is 1. The molecule has 8 nitrogen and oxygen atoms in total. The first-order valence-electron chi connectivity index (χ1n) is 12.9. The topological polar surface area (TPSA) is 83.1 Å². The van der Waals surface area contributed by atoms with Crippen LogP contribution in [0.1, 0.15) is 36.2 Å². The maximum Gasteiger partial charge on any atom is 0.328 e. The number of hydrogen-bond donors (Lipinski definition) is 2. The average molecular weight is 522 g/mol.